The Bertz CT molecular complexity index is 1190. The van der Waals surface area contributed by atoms with E-state index in [2.05, 4.69) is 5.32 Å². The molecule has 7 nitrogen and oxygen atoms in total. The van der Waals surface area contributed by atoms with E-state index in [4.69, 9.17) is 0 Å². The molecule has 0 bridgehead atoms. The van der Waals surface area contributed by atoms with E-state index in [1.165, 1.54) is 35.2 Å². The maximum atomic E-state index is 15.0. The van der Waals surface area contributed by atoms with E-state index in [0.29, 0.717) is 42.6 Å². The summed E-state index contributed by atoms with van der Waals surface area (Å²) in [4.78, 5) is 52.3. The SMILES string of the molecule is O=C1CCC(N2Cc3cc(C4CCN(C(=O)c5ccc(F)cc5)CC4)c(F)cc3C2=O)C(=O)N1. The zero-order valence-corrected chi connectivity index (χ0v) is 18.4. The zero-order chi connectivity index (χ0) is 24.0. The number of nitrogens with zero attached hydrogens (tertiary/aromatic N) is 2. The van der Waals surface area contributed by atoms with Crippen LogP contribution in [-0.4, -0.2) is 52.6 Å². The van der Waals surface area contributed by atoms with Crippen LogP contribution in [0.25, 0.3) is 0 Å². The van der Waals surface area contributed by atoms with Crippen LogP contribution in [0, 0.1) is 11.6 Å². The summed E-state index contributed by atoms with van der Waals surface area (Å²) in [6, 6.07) is 7.61. The van der Waals surface area contributed by atoms with Gasteiger partial charge in [0.25, 0.3) is 11.8 Å². The quantitative estimate of drug-likeness (QED) is 0.704. The minimum Gasteiger partial charge on any atom is -0.339 e. The lowest BCUT2D eigenvalue weighted by molar-refractivity contribution is -0.136. The number of imide groups is 1. The third kappa shape index (κ3) is 3.95. The number of benzene rings is 2. The Kier molecular flexibility index (Phi) is 5.63. The van der Waals surface area contributed by atoms with Gasteiger partial charge in [0.15, 0.2) is 0 Å². The van der Waals surface area contributed by atoms with E-state index in [-0.39, 0.29) is 42.7 Å². The van der Waals surface area contributed by atoms with Crippen LogP contribution in [0.4, 0.5) is 8.78 Å². The largest absolute Gasteiger partial charge is 0.339 e. The van der Waals surface area contributed by atoms with Crippen molar-refractivity contribution in [2.75, 3.05) is 13.1 Å². The molecule has 1 atom stereocenters. The standard InChI is InChI=1S/C25H23F2N3O4/c26-17-3-1-15(2-4-17)24(33)29-9-7-14(8-10-29)18-11-16-13-30(25(34)19(16)12-20(18)27)21-5-6-22(31)28-23(21)32/h1-4,11-12,14,21H,5-10,13H2,(H,28,31,32). The van der Waals surface area contributed by atoms with Crippen LogP contribution in [0.1, 0.15) is 63.4 Å². The molecule has 0 aliphatic carbocycles. The molecule has 0 radical (unpaired) electrons. The van der Waals surface area contributed by atoms with Crippen LogP contribution in [0.5, 0.6) is 0 Å². The third-order valence-electron chi connectivity index (χ3n) is 6.95. The van der Waals surface area contributed by atoms with Gasteiger partial charge in [0.1, 0.15) is 17.7 Å². The molecule has 0 saturated carbocycles. The second-order valence-corrected chi connectivity index (χ2v) is 9.00. The van der Waals surface area contributed by atoms with Gasteiger partial charge < -0.3 is 9.80 Å². The van der Waals surface area contributed by atoms with Crippen molar-refractivity contribution in [1.82, 2.24) is 15.1 Å². The Hall–Kier alpha value is -3.62. The van der Waals surface area contributed by atoms with Crippen LogP contribution < -0.4 is 5.32 Å². The molecular weight excluding hydrogens is 444 g/mol. The number of fused-ring (bicyclic) bond motifs is 1. The minimum atomic E-state index is -0.746. The molecule has 5 rings (SSSR count). The Morgan fingerprint density at radius 3 is 2.35 bits per heavy atom. The van der Waals surface area contributed by atoms with Gasteiger partial charge in [-0.2, -0.15) is 0 Å². The van der Waals surface area contributed by atoms with Crippen molar-refractivity contribution in [3.05, 3.63) is 70.3 Å². The van der Waals surface area contributed by atoms with Gasteiger partial charge in [0, 0.05) is 37.2 Å². The second kappa shape index (κ2) is 8.62. The minimum absolute atomic E-state index is 0.109. The van der Waals surface area contributed by atoms with E-state index in [1.54, 1.807) is 11.0 Å². The fraction of sp³-hybridized carbons (Fsp3) is 0.360. The number of hydrogen-bond donors (Lipinski definition) is 1. The average Bonchev–Trinajstić information content (AvgIpc) is 3.14. The summed E-state index contributed by atoms with van der Waals surface area (Å²) in [5.74, 6) is -2.44. The topological polar surface area (TPSA) is 86.8 Å². The maximum absolute atomic E-state index is 15.0. The number of nitrogens with one attached hydrogen (secondary N) is 1. The van der Waals surface area contributed by atoms with Crippen molar-refractivity contribution in [1.29, 1.82) is 0 Å². The van der Waals surface area contributed by atoms with Crippen LogP contribution in [-0.2, 0) is 16.1 Å². The first kappa shape index (κ1) is 22.2. The fourth-order valence-electron chi connectivity index (χ4n) is 5.09. The van der Waals surface area contributed by atoms with Gasteiger partial charge in [0.05, 0.1) is 0 Å². The summed E-state index contributed by atoms with van der Waals surface area (Å²) in [7, 11) is 0. The van der Waals surface area contributed by atoms with Crippen LogP contribution in [0.2, 0.25) is 0 Å². The predicted molar refractivity (Wildman–Crippen MR) is 117 cm³/mol. The van der Waals surface area contributed by atoms with Gasteiger partial charge in [-0.25, -0.2) is 8.78 Å². The Balaban J connectivity index is 1.28. The summed E-state index contributed by atoms with van der Waals surface area (Å²) in [6.07, 6.45) is 1.53. The highest BCUT2D eigenvalue weighted by Crippen LogP contribution is 2.35. The van der Waals surface area contributed by atoms with Crippen molar-refractivity contribution in [2.45, 2.75) is 44.2 Å². The van der Waals surface area contributed by atoms with Gasteiger partial charge in [-0.05, 0) is 66.6 Å². The molecule has 0 aromatic heterocycles. The van der Waals surface area contributed by atoms with E-state index >= 15 is 4.39 Å². The van der Waals surface area contributed by atoms with Crippen molar-refractivity contribution in [3.8, 4) is 0 Å². The first-order chi connectivity index (χ1) is 16.3. The molecule has 2 aromatic carbocycles. The van der Waals surface area contributed by atoms with Crippen LogP contribution >= 0.6 is 0 Å². The molecule has 2 fully saturated rings. The number of amides is 4. The molecule has 1 unspecified atom stereocenters. The lowest BCUT2D eigenvalue weighted by Crippen LogP contribution is -2.52. The molecule has 2 saturated heterocycles. The molecular formula is C25H23F2N3O4. The lowest BCUT2D eigenvalue weighted by atomic mass is 9.87. The van der Waals surface area contributed by atoms with Crippen molar-refractivity contribution in [3.63, 3.8) is 0 Å². The maximum Gasteiger partial charge on any atom is 0.255 e. The van der Waals surface area contributed by atoms with Crippen LogP contribution in [0.15, 0.2) is 36.4 Å². The third-order valence-corrected chi connectivity index (χ3v) is 6.95. The first-order valence-electron chi connectivity index (χ1n) is 11.3. The van der Waals surface area contributed by atoms with Crippen molar-refractivity contribution in [2.24, 2.45) is 0 Å². The molecule has 176 valence electrons. The molecule has 3 heterocycles. The van der Waals surface area contributed by atoms with E-state index < -0.39 is 29.5 Å². The highest BCUT2D eigenvalue weighted by Gasteiger charge is 2.40. The number of carbonyl (C=O) groups excluding carboxylic acids is 4. The zero-order valence-electron chi connectivity index (χ0n) is 18.4. The fourth-order valence-corrected chi connectivity index (χ4v) is 5.09. The molecule has 0 spiro atoms. The molecule has 3 aliphatic heterocycles. The summed E-state index contributed by atoms with van der Waals surface area (Å²) in [5.41, 5.74) is 1.83. The van der Waals surface area contributed by atoms with Crippen molar-refractivity contribution >= 4 is 23.6 Å². The van der Waals surface area contributed by atoms with Gasteiger partial charge in [-0.3, -0.25) is 24.5 Å². The molecule has 4 amide bonds. The summed E-state index contributed by atoms with van der Waals surface area (Å²) < 4.78 is 28.2. The molecule has 2 aromatic rings. The van der Waals surface area contributed by atoms with E-state index in [9.17, 15) is 23.6 Å². The van der Waals surface area contributed by atoms with Gasteiger partial charge >= 0.3 is 0 Å². The molecule has 9 heteroatoms. The Morgan fingerprint density at radius 1 is 0.971 bits per heavy atom. The number of halogens is 2. The van der Waals surface area contributed by atoms with Gasteiger partial charge in [-0.1, -0.05) is 6.07 Å². The number of hydrogen-bond acceptors (Lipinski definition) is 4. The molecule has 3 aliphatic rings. The monoisotopic (exact) mass is 467 g/mol. The first-order valence-corrected chi connectivity index (χ1v) is 11.3. The Morgan fingerprint density at radius 2 is 1.68 bits per heavy atom. The van der Waals surface area contributed by atoms with Crippen LogP contribution in [0.3, 0.4) is 0 Å². The van der Waals surface area contributed by atoms with Gasteiger partial charge in [0.2, 0.25) is 11.8 Å². The highest BCUT2D eigenvalue weighted by atomic mass is 19.1. The number of rotatable bonds is 3. The predicted octanol–water partition coefficient (Wildman–Crippen LogP) is 2.75. The van der Waals surface area contributed by atoms with E-state index in [0.717, 1.165) is 0 Å². The second-order valence-electron chi connectivity index (χ2n) is 9.00. The summed E-state index contributed by atoms with van der Waals surface area (Å²) in [6.45, 7) is 1.08. The molecule has 34 heavy (non-hydrogen) atoms. The Labute approximate surface area is 194 Å². The summed E-state index contributed by atoms with van der Waals surface area (Å²) in [5, 5.41) is 2.26. The van der Waals surface area contributed by atoms with Gasteiger partial charge in [-0.15, -0.1) is 0 Å². The average molecular weight is 467 g/mol. The lowest BCUT2D eigenvalue weighted by Gasteiger charge is -2.32. The van der Waals surface area contributed by atoms with Crippen molar-refractivity contribution < 1.29 is 28.0 Å². The normalized spacial score (nSPS) is 21.0. The number of likely N-dealkylation sites (tertiary alicyclic amines) is 1. The highest BCUT2D eigenvalue weighted by molar-refractivity contribution is 6.05. The van der Waals surface area contributed by atoms with E-state index in [1.807, 2.05) is 0 Å². The molecule has 1 N–H and O–H groups in total. The number of piperidine rings is 2. The smallest absolute Gasteiger partial charge is 0.255 e. The number of carbonyl (C=O) groups is 4. The summed E-state index contributed by atoms with van der Waals surface area (Å²) >= 11 is 0.